The summed E-state index contributed by atoms with van der Waals surface area (Å²) in [4.78, 5) is 15.7. The zero-order valence-electron chi connectivity index (χ0n) is 12.1. The Labute approximate surface area is 120 Å². The molecule has 1 aromatic rings. The lowest BCUT2D eigenvalue weighted by Crippen LogP contribution is -2.40. The molecule has 0 amide bonds. The molecule has 0 unspecified atom stereocenters. The van der Waals surface area contributed by atoms with Crippen molar-refractivity contribution in [3.8, 4) is 0 Å². The maximum atomic E-state index is 12.2. The highest BCUT2D eigenvalue weighted by molar-refractivity contribution is 7.98. The van der Waals surface area contributed by atoms with Crippen LogP contribution in [0.25, 0.3) is 0 Å². The third-order valence-corrected chi connectivity index (χ3v) is 4.73. The van der Waals surface area contributed by atoms with Crippen LogP contribution in [0.1, 0.15) is 37.0 Å². The number of likely N-dealkylation sites (tertiary alicyclic amines) is 1. The molecule has 0 saturated carbocycles. The number of carbonyl (C=O) groups excluding carboxylic acids is 1. The van der Waals surface area contributed by atoms with E-state index in [4.69, 9.17) is 0 Å². The monoisotopic (exact) mass is 277 g/mol. The maximum absolute atomic E-state index is 12.2. The van der Waals surface area contributed by atoms with Crippen LogP contribution in [0.5, 0.6) is 0 Å². The molecule has 0 spiro atoms. The average molecular weight is 277 g/mol. The minimum absolute atomic E-state index is 0.243. The van der Waals surface area contributed by atoms with Crippen LogP contribution in [0.15, 0.2) is 29.2 Å². The predicted octanol–water partition coefficient (Wildman–Crippen LogP) is 3.71. The van der Waals surface area contributed by atoms with Gasteiger partial charge in [-0.05, 0) is 49.7 Å². The van der Waals surface area contributed by atoms with Gasteiger partial charge in [-0.1, -0.05) is 26.0 Å². The number of benzene rings is 1. The van der Waals surface area contributed by atoms with E-state index in [0.29, 0.717) is 12.0 Å². The van der Waals surface area contributed by atoms with E-state index in [9.17, 15) is 4.79 Å². The summed E-state index contributed by atoms with van der Waals surface area (Å²) in [5, 5.41) is 0. The van der Waals surface area contributed by atoms with Crippen LogP contribution < -0.4 is 0 Å². The van der Waals surface area contributed by atoms with Crippen LogP contribution in [0.2, 0.25) is 0 Å². The maximum Gasteiger partial charge on any atom is 0.176 e. The minimum atomic E-state index is 0.243. The third kappa shape index (κ3) is 4.08. The Morgan fingerprint density at radius 1 is 1.21 bits per heavy atom. The lowest BCUT2D eigenvalue weighted by molar-refractivity contribution is 0.0845. The van der Waals surface area contributed by atoms with Crippen molar-refractivity contribution < 1.29 is 4.79 Å². The van der Waals surface area contributed by atoms with Crippen molar-refractivity contribution in [2.75, 3.05) is 25.9 Å². The number of Topliss-reactive ketones (excluding diaryl/α,β-unsaturated/α-hetero) is 1. The number of rotatable bonds is 4. The summed E-state index contributed by atoms with van der Waals surface area (Å²) < 4.78 is 0. The minimum Gasteiger partial charge on any atom is -0.296 e. The number of carbonyl (C=O) groups is 1. The topological polar surface area (TPSA) is 20.3 Å². The van der Waals surface area contributed by atoms with Gasteiger partial charge < -0.3 is 0 Å². The molecule has 0 aromatic heterocycles. The van der Waals surface area contributed by atoms with Crippen LogP contribution >= 0.6 is 11.8 Å². The van der Waals surface area contributed by atoms with Gasteiger partial charge in [0.15, 0.2) is 5.78 Å². The smallest absolute Gasteiger partial charge is 0.176 e. The van der Waals surface area contributed by atoms with Gasteiger partial charge in [0.25, 0.3) is 0 Å². The number of piperidine rings is 1. The summed E-state index contributed by atoms with van der Waals surface area (Å²) in [6.45, 7) is 7.28. The first kappa shape index (κ1) is 14.6. The largest absolute Gasteiger partial charge is 0.296 e. The summed E-state index contributed by atoms with van der Waals surface area (Å²) in [5.41, 5.74) is 1.28. The normalized spacial score (nSPS) is 19.3. The number of thioether (sulfide) groups is 1. The molecule has 1 heterocycles. The van der Waals surface area contributed by atoms with E-state index in [0.717, 1.165) is 18.7 Å². The average Bonchev–Trinajstić information content (AvgIpc) is 2.41. The van der Waals surface area contributed by atoms with E-state index in [1.807, 2.05) is 30.5 Å². The van der Waals surface area contributed by atoms with Gasteiger partial charge in [0.1, 0.15) is 0 Å². The van der Waals surface area contributed by atoms with Crippen LogP contribution in [-0.4, -0.2) is 36.6 Å². The van der Waals surface area contributed by atoms with Gasteiger partial charge >= 0.3 is 0 Å². The van der Waals surface area contributed by atoms with Crippen molar-refractivity contribution >= 4 is 17.5 Å². The molecule has 0 atom stereocenters. The molecule has 1 saturated heterocycles. The predicted molar refractivity (Wildman–Crippen MR) is 82.0 cm³/mol. The Balaban J connectivity index is 1.90. The molecule has 19 heavy (non-hydrogen) atoms. The Bertz CT molecular complexity index is 429. The Morgan fingerprint density at radius 3 is 2.32 bits per heavy atom. The van der Waals surface area contributed by atoms with Crippen LogP contribution in [0.4, 0.5) is 0 Å². The molecule has 104 valence electrons. The number of hydrogen-bond acceptors (Lipinski definition) is 3. The Morgan fingerprint density at radius 2 is 1.79 bits per heavy atom. The second-order valence-corrected chi connectivity index (χ2v) is 6.97. The molecule has 1 aromatic carbocycles. The highest BCUT2D eigenvalue weighted by atomic mass is 32.2. The summed E-state index contributed by atoms with van der Waals surface area (Å²) in [5.74, 6) is 0.243. The molecule has 1 fully saturated rings. The fourth-order valence-electron chi connectivity index (χ4n) is 2.39. The van der Waals surface area contributed by atoms with Crippen molar-refractivity contribution in [1.82, 2.24) is 4.90 Å². The molecule has 0 N–H and O–H groups in total. The lowest BCUT2D eigenvalue weighted by atomic mass is 9.82. The van der Waals surface area contributed by atoms with Crippen molar-refractivity contribution in [1.29, 1.82) is 0 Å². The number of ketones is 1. The second kappa shape index (κ2) is 6.10. The van der Waals surface area contributed by atoms with Crippen LogP contribution in [0.3, 0.4) is 0 Å². The van der Waals surface area contributed by atoms with E-state index in [-0.39, 0.29) is 5.78 Å². The zero-order valence-corrected chi connectivity index (χ0v) is 12.9. The summed E-state index contributed by atoms with van der Waals surface area (Å²) in [6, 6.07) is 7.94. The summed E-state index contributed by atoms with van der Waals surface area (Å²) >= 11 is 1.70. The molecule has 0 radical (unpaired) electrons. The molecule has 3 heteroatoms. The van der Waals surface area contributed by atoms with Gasteiger partial charge in [-0.25, -0.2) is 0 Å². The molecular weight excluding hydrogens is 254 g/mol. The zero-order chi connectivity index (χ0) is 13.9. The fourth-order valence-corrected chi connectivity index (χ4v) is 2.80. The Kier molecular flexibility index (Phi) is 4.69. The van der Waals surface area contributed by atoms with Gasteiger partial charge in [-0.15, -0.1) is 11.8 Å². The van der Waals surface area contributed by atoms with Crippen molar-refractivity contribution in [3.05, 3.63) is 29.8 Å². The molecule has 2 nitrogen and oxygen atoms in total. The van der Waals surface area contributed by atoms with Crippen LogP contribution in [0, 0.1) is 5.41 Å². The third-order valence-electron chi connectivity index (χ3n) is 3.99. The molecule has 0 bridgehead atoms. The van der Waals surface area contributed by atoms with E-state index < -0.39 is 0 Å². The molecule has 0 aliphatic carbocycles. The molecule has 1 aliphatic heterocycles. The first-order chi connectivity index (χ1) is 9.00. The number of nitrogens with zero attached hydrogens (tertiary/aromatic N) is 1. The lowest BCUT2D eigenvalue weighted by Gasteiger charge is -2.36. The quantitative estimate of drug-likeness (QED) is 0.618. The van der Waals surface area contributed by atoms with Crippen molar-refractivity contribution in [2.45, 2.75) is 31.6 Å². The van der Waals surface area contributed by atoms with E-state index in [1.165, 1.54) is 17.7 Å². The summed E-state index contributed by atoms with van der Waals surface area (Å²) in [7, 11) is 0. The Hall–Kier alpha value is -0.800. The molecule has 2 rings (SSSR count). The number of hydrogen-bond donors (Lipinski definition) is 0. The fraction of sp³-hybridized carbons (Fsp3) is 0.562. The SMILES string of the molecule is CSc1ccc(C(=O)CN2CCC(C)(C)CC2)cc1. The van der Waals surface area contributed by atoms with E-state index in [2.05, 4.69) is 18.7 Å². The van der Waals surface area contributed by atoms with Gasteiger partial charge in [-0.2, -0.15) is 0 Å². The second-order valence-electron chi connectivity index (χ2n) is 6.09. The van der Waals surface area contributed by atoms with Gasteiger partial charge in [0.05, 0.1) is 6.54 Å². The van der Waals surface area contributed by atoms with Crippen molar-refractivity contribution in [3.63, 3.8) is 0 Å². The van der Waals surface area contributed by atoms with Crippen molar-refractivity contribution in [2.24, 2.45) is 5.41 Å². The highest BCUT2D eigenvalue weighted by Gasteiger charge is 2.26. The standard InChI is InChI=1S/C16H23NOS/c1-16(2)8-10-17(11-9-16)12-15(18)13-4-6-14(19-3)7-5-13/h4-7H,8-12H2,1-3H3. The van der Waals surface area contributed by atoms with E-state index in [1.54, 1.807) is 11.8 Å². The van der Waals surface area contributed by atoms with Gasteiger partial charge in [-0.3, -0.25) is 9.69 Å². The first-order valence-corrected chi connectivity index (χ1v) is 8.12. The van der Waals surface area contributed by atoms with Gasteiger partial charge in [0.2, 0.25) is 0 Å². The highest BCUT2D eigenvalue weighted by Crippen LogP contribution is 2.29. The first-order valence-electron chi connectivity index (χ1n) is 6.90. The van der Waals surface area contributed by atoms with Crippen LogP contribution in [-0.2, 0) is 0 Å². The van der Waals surface area contributed by atoms with Gasteiger partial charge in [0, 0.05) is 10.5 Å². The van der Waals surface area contributed by atoms with E-state index >= 15 is 0 Å². The molecular formula is C16H23NOS. The summed E-state index contributed by atoms with van der Waals surface area (Å²) in [6.07, 6.45) is 4.42. The molecule has 1 aliphatic rings.